The third kappa shape index (κ3) is 13.0. The average molecular weight is 1220 g/mol. The van der Waals surface area contributed by atoms with E-state index < -0.39 is 83.5 Å². The fourth-order valence-corrected chi connectivity index (χ4v) is 12.9. The van der Waals surface area contributed by atoms with E-state index in [9.17, 15) is 43.2 Å². The monoisotopic (exact) mass is 1220 g/mol. The second-order valence-corrected chi connectivity index (χ2v) is 22.8. The van der Waals surface area contributed by atoms with Crippen LogP contribution in [-0.2, 0) is 66.3 Å². The summed E-state index contributed by atoms with van der Waals surface area (Å²) in [5.74, 6) is -3.57. The van der Waals surface area contributed by atoms with Gasteiger partial charge < -0.3 is 51.3 Å². The van der Waals surface area contributed by atoms with Crippen molar-refractivity contribution in [2.45, 2.75) is 100 Å². The molecule has 0 saturated carbocycles. The lowest BCUT2D eigenvalue weighted by Gasteiger charge is -2.40. The zero-order valence-corrected chi connectivity index (χ0v) is 50.3. The quantitative estimate of drug-likeness (QED) is 0.0113. The van der Waals surface area contributed by atoms with E-state index >= 15 is 0 Å². The molecule has 8 N–H and O–H groups in total. The summed E-state index contributed by atoms with van der Waals surface area (Å²) in [4.78, 5) is 124. The zero-order valence-electron chi connectivity index (χ0n) is 50.3. The first kappa shape index (κ1) is 63.1. The molecule has 2 saturated heterocycles. The molecule has 4 heterocycles. The summed E-state index contributed by atoms with van der Waals surface area (Å²) >= 11 is 0. The Hall–Kier alpha value is -9.93. The summed E-state index contributed by atoms with van der Waals surface area (Å²) in [7, 11) is 3.01. The lowest BCUT2D eigenvalue weighted by Crippen LogP contribution is -2.56. The molecule has 4 aliphatic heterocycles. The van der Waals surface area contributed by atoms with Crippen LogP contribution in [0.25, 0.3) is 0 Å². The van der Waals surface area contributed by atoms with E-state index in [-0.39, 0.29) is 79.2 Å². The number of hydrogen-bond donors (Lipinski definition) is 6. The molecule has 468 valence electrons. The van der Waals surface area contributed by atoms with Crippen molar-refractivity contribution in [2.75, 3.05) is 45.8 Å². The highest BCUT2D eigenvalue weighted by Crippen LogP contribution is 2.60. The van der Waals surface area contributed by atoms with Crippen LogP contribution in [0, 0.1) is 5.92 Å². The predicted octanol–water partition coefficient (Wildman–Crippen LogP) is 5.79. The Morgan fingerprint density at radius 2 is 1.32 bits per heavy atom. The van der Waals surface area contributed by atoms with Gasteiger partial charge in [-0.05, 0) is 97.7 Å². The number of imide groups is 1. The van der Waals surface area contributed by atoms with Gasteiger partial charge in [0.2, 0.25) is 29.3 Å². The minimum atomic E-state index is -1.49. The molecule has 2 fully saturated rings. The molecule has 0 unspecified atom stereocenters. The van der Waals surface area contributed by atoms with E-state index in [4.69, 9.17) is 30.4 Å². The Balaban J connectivity index is 0.821. The number of fused-ring (bicyclic) bond motifs is 4. The number of nitrogens with zero attached hydrogens (tertiary/aromatic N) is 3. The standard InChI is InChI=1S/C68H73N9O13/c1-42-58(69)61(82)57-50(41-89-65(70)85)68(88-3)62-53(39-76(68)59(57)60(42)81)77(62)66(86)90-40-44-26-30-48(31-27-44)72-63(83)51(74-64(84)52(38-43-18-8-4-9-19-43)73-54(78)25-14-7-17-37-75-55(79)34-35-56(75)80)24-15-16-36-71-67(45-20-10-5-11-21-45,46-22-12-6-13-23-46)47-28-32-49(87-2)33-29-47/h4-6,8-13,18-23,26-35,50-53,62,71H,7,14-17,24-25,36-41,69H2,1-3H3,(H2,70,85)(H,72,83)(H,73,78)(H,74,84)/t50-,51+,52+,53+,62+,68-,77?/m1/s1. The molecular weight excluding hydrogens is 1150 g/mol. The third-order valence-electron chi connectivity index (χ3n) is 17.5. The fraction of sp³-hybridized carbons (Fsp3) is 0.338. The number of anilines is 1. The Morgan fingerprint density at radius 3 is 1.94 bits per heavy atom. The van der Waals surface area contributed by atoms with E-state index in [1.807, 2.05) is 91.0 Å². The van der Waals surface area contributed by atoms with Gasteiger partial charge in [0.15, 0.2) is 5.72 Å². The van der Waals surface area contributed by atoms with Crippen molar-refractivity contribution < 1.29 is 62.1 Å². The van der Waals surface area contributed by atoms with Crippen LogP contribution in [0.15, 0.2) is 174 Å². The molecular formula is C68H73N9O13. The summed E-state index contributed by atoms with van der Waals surface area (Å²) in [5, 5.41) is 12.8. The predicted molar refractivity (Wildman–Crippen MR) is 330 cm³/mol. The van der Waals surface area contributed by atoms with Crippen molar-refractivity contribution in [1.29, 1.82) is 0 Å². The molecule has 10 rings (SSSR count). The van der Waals surface area contributed by atoms with Crippen LogP contribution in [0.2, 0.25) is 0 Å². The first-order valence-corrected chi connectivity index (χ1v) is 30.1. The summed E-state index contributed by atoms with van der Waals surface area (Å²) in [6.45, 7) is 1.69. The van der Waals surface area contributed by atoms with Gasteiger partial charge in [0.25, 0.3) is 11.8 Å². The first-order valence-electron chi connectivity index (χ1n) is 30.1. The van der Waals surface area contributed by atoms with Crippen LogP contribution in [0.1, 0.15) is 79.7 Å². The van der Waals surface area contributed by atoms with Crippen molar-refractivity contribution in [2.24, 2.45) is 17.4 Å². The number of carbonyl (C=O) groups excluding carboxylic acids is 9. The first-order chi connectivity index (χ1) is 43.5. The number of piperazine rings is 1. The van der Waals surface area contributed by atoms with Gasteiger partial charge in [-0.25, -0.2) is 9.59 Å². The number of Topliss-reactive ketones (excluding diaryl/α,β-unsaturated/α-hetero) is 2. The smallest absolute Gasteiger partial charge is 0.410 e. The van der Waals surface area contributed by atoms with Crippen LogP contribution in [-0.4, -0.2) is 138 Å². The normalized spacial score (nSPS) is 19.7. The van der Waals surface area contributed by atoms with Crippen LogP contribution < -0.4 is 37.5 Å². The van der Waals surface area contributed by atoms with Gasteiger partial charge in [0.05, 0.1) is 36.0 Å². The number of carbonyl (C=O) groups is 9. The van der Waals surface area contributed by atoms with E-state index in [1.54, 1.807) is 36.3 Å². The Labute approximate surface area is 520 Å². The molecule has 6 atom stereocenters. The topological polar surface area (TPSA) is 300 Å². The molecule has 5 aromatic rings. The summed E-state index contributed by atoms with van der Waals surface area (Å²) in [6.07, 6.45) is 3.63. The molecule has 0 spiro atoms. The molecule has 5 aromatic carbocycles. The Morgan fingerprint density at radius 1 is 0.689 bits per heavy atom. The molecule has 0 radical (unpaired) electrons. The van der Waals surface area contributed by atoms with Crippen molar-refractivity contribution in [3.8, 4) is 5.75 Å². The summed E-state index contributed by atoms with van der Waals surface area (Å²) < 4.78 is 22.7. The average Bonchev–Trinajstić information content (AvgIpc) is 1.49. The zero-order chi connectivity index (χ0) is 63.7. The molecule has 5 aliphatic rings. The lowest BCUT2D eigenvalue weighted by atomic mass is 9.77. The van der Waals surface area contributed by atoms with Crippen molar-refractivity contribution in [3.05, 3.63) is 202 Å². The second kappa shape index (κ2) is 27.6. The highest BCUT2D eigenvalue weighted by Gasteiger charge is 2.78. The number of allylic oxidation sites excluding steroid dienone is 2. The Kier molecular flexibility index (Phi) is 19.4. The molecule has 90 heavy (non-hydrogen) atoms. The maximum atomic E-state index is 14.6. The SMILES string of the molecule is COc1ccc(C(NCCCC[C@H](NC(=O)[C@H](Cc2ccccc2)NC(=O)CCCCCN2C(=O)C=CC2=O)C(=O)Nc2ccc(COC(=O)N3[C@H]4[C@@H]3CN3C5=C(C(=O)C(N)=C(C)C5=O)[C@@H](COC(N)=O)[C@@]43OC)cc2)(c2ccccc2)c2ccccc2)cc1. The Bertz CT molecular complexity index is 3580. The van der Waals surface area contributed by atoms with Crippen LogP contribution >= 0.6 is 0 Å². The number of hydrogen-bond acceptors (Lipinski definition) is 16. The number of unbranched alkanes of at least 4 members (excludes halogenated alkanes) is 3. The van der Waals surface area contributed by atoms with Crippen molar-refractivity contribution in [3.63, 3.8) is 0 Å². The number of amides is 7. The number of methoxy groups -OCH3 is 2. The maximum absolute atomic E-state index is 14.6. The molecule has 22 nitrogen and oxygen atoms in total. The fourth-order valence-electron chi connectivity index (χ4n) is 12.9. The second-order valence-electron chi connectivity index (χ2n) is 22.8. The minimum absolute atomic E-state index is 0.0256. The van der Waals surface area contributed by atoms with Gasteiger partial charge in [0.1, 0.15) is 37.1 Å². The van der Waals surface area contributed by atoms with Gasteiger partial charge >= 0.3 is 12.2 Å². The van der Waals surface area contributed by atoms with E-state index in [0.29, 0.717) is 55.6 Å². The number of primary amides is 1. The lowest BCUT2D eigenvalue weighted by molar-refractivity contribution is -0.144. The molecule has 1 aliphatic carbocycles. The van der Waals surface area contributed by atoms with Gasteiger partial charge in [0, 0.05) is 62.0 Å². The van der Waals surface area contributed by atoms with Crippen molar-refractivity contribution in [1.82, 2.24) is 30.7 Å². The van der Waals surface area contributed by atoms with E-state index in [2.05, 4.69) is 45.5 Å². The number of rotatable bonds is 28. The number of ketones is 2. The van der Waals surface area contributed by atoms with Gasteiger partial charge in [-0.1, -0.05) is 122 Å². The van der Waals surface area contributed by atoms with E-state index in [0.717, 1.165) is 27.2 Å². The van der Waals surface area contributed by atoms with Crippen LogP contribution in [0.4, 0.5) is 15.3 Å². The summed E-state index contributed by atoms with van der Waals surface area (Å²) in [6, 6.07) is 40.7. The summed E-state index contributed by atoms with van der Waals surface area (Å²) in [5.41, 5.74) is 13.9. The van der Waals surface area contributed by atoms with Crippen LogP contribution in [0.3, 0.4) is 0 Å². The largest absolute Gasteiger partial charge is 0.497 e. The van der Waals surface area contributed by atoms with Gasteiger partial charge in [-0.15, -0.1) is 0 Å². The number of nitrogens with one attached hydrogen (secondary N) is 4. The number of benzene rings is 5. The van der Waals surface area contributed by atoms with Crippen LogP contribution in [0.5, 0.6) is 5.75 Å². The van der Waals surface area contributed by atoms with E-state index in [1.165, 1.54) is 31.1 Å². The number of ether oxygens (including phenoxy) is 4. The molecule has 22 heteroatoms. The minimum Gasteiger partial charge on any atom is -0.497 e. The van der Waals surface area contributed by atoms with Crippen molar-refractivity contribution >= 4 is 59.0 Å². The molecule has 0 bridgehead atoms. The van der Waals surface area contributed by atoms with Gasteiger partial charge in [-0.2, -0.15) is 0 Å². The maximum Gasteiger partial charge on any atom is 0.410 e. The third-order valence-corrected chi connectivity index (χ3v) is 17.5. The highest BCUT2D eigenvalue weighted by atomic mass is 16.6. The van der Waals surface area contributed by atoms with Gasteiger partial charge in [-0.3, -0.25) is 48.7 Å². The molecule has 7 amide bonds. The highest BCUT2D eigenvalue weighted by molar-refractivity contribution is 6.25. The number of nitrogens with two attached hydrogens (primary N) is 2. The molecule has 0 aromatic heterocycles.